The second-order valence-corrected chi connectivity index (χ2v) is 7.89. The zero-order chi connectivity index (χ0) is 19.5. The lowest BCUT2D eigenvalue weighted by Gasteiger charge is -2.32. The maximum absolute atomic E-state index is 12.7. The lowest BCUT2D eigenvalue weighted by atomic mass is 9.91. The van der Waals surface area contributed by atoms with Gasteiger partial charge in [-0.3, -0.25) is 10.2 Å². The first-order chi connectivity index (χ1) is 13.6. The molecule has 1 N–H and O–H groups in total. The van der Waals surface area contributed by atoms with Crippen molar-refractivity contribution in [3.05, 3.63) is 59.7 Å². The summed E-state index contributed by atoms with van der Waals surface area (Å²) in [6.45, 7) is 5.90. The second-order valence-electron chi connectivity index (χ2n) is 7.89. The predicted octanol–water partition coefficient (Wildman–Crippen LogP) is 3.61. The van der Waals surface area contributed by atoms with Gasteiger partial charge in [0.05, 0.1) is 5.52 Å². The quantitative estimate of drug-likeness (QED) is 0.738. The zero-order valence-electron chi connectivity index (χ0n) is 16.5. The summed E-state index contributed by atoms with van der Waals surface area (Å²) in [6.07, 6.45) is 3.30. The first-order valence-corrected chi connectivity index (χ1v) is 10.0. The highest BCUT2D eigenvalue weighted by Gasteiger charge is 2.21. The molecule has 0 saturated carbocycles. The van der Waals surface area contributed by atoms with Crippen molar-refractivity contribution in [3.8, 4) is 0 Å². The minimum Gasteiger partial charge on any atom is -0.285 e. The summed E-state index contributed by atoms with van der Waals surface area (Å²) in [5.74, 6) is 0.598. The molecule has 28 heavy (non-hydrogen) atoms. The molecule has 1 fully saturated rings. The van der Waals surface area contributed by atoms with Crippen LogP contribution in [0.15, 0.2) is 48.5 Å². The van der Waals surface area contributed by atoms with Gasteiger partial charge in [-0.25, -0.2) is 9.69 Å². The SMILES string of the molecule is CC(C)n1nnc2cc(C(=O)NN3CCC(Cc4ccccc4)CC3)ccc21. The van der Waals surface area contributed by atoms with Crippen molar-refractivity contribution in [2.24, 2.45) is 5.92 Å². The lowest BCUT2D eigenvalue weighted by Crippen LogP contribution is -2.46. The lowest BCUT2D eigenvalue weighted by molar-refractivity contribution is 0.0702. The molecular weight excluding hydrogens is 350 g/mol. The number of piperidine rings is 1. The van der Waals surface area contributed by atoms with Gasteiger partial charge in [0.25, 0.3) is 5.91 Å². The Labute approximate surface area is 165 Å². The first-order valence-electron chi connectivity index (χ1n) is 10.0. The summed E-state index contributed by atoms with van der Waals surface area (Å²) in [5.41, 5.74) is 6.77. The van der Waals surface area contributed by atoms with Gasteiger partial charge in [-0.1, -0.05) is 35.5 Å². The van der Waals surface area contributed by atoms with E-state index in [0.717, 1.165) is 43.4 Å². The third-order valence-corrected chi connectivity index (χ3v) is 5.46. The van der Waals surface area contributed by atoms with E-state index in [1.54, 1.807) is 0 Å². The number of benzene rings is 2. The molecule has 3 aromatic rings. The average Bonchev–Trinajstić information content (AvgIpc) is 3.14. The van der Waals surface area contributed by atoms with Crippen LogP contribution in [0.3, 0.4) is 0 Å². The number of hydrogen-bond donors (Lipinski definition) is 1. The number of hydrazine groups is 1. The number of amides is 1. The molecule has 6 heteroatoms. The van der Waals surface area contributed by atoms with Gasteiger partial charge in [0.2, 0.25) is 0 Å². The van der Waals surface area contributed by atoms with E-state index in [-0.39, 0.29) is 11.9 Å². The Bertz CT molecular complexity index is 942. The van der Waals surface area contributed by atoms with E-state index in [1.807, 2.05) is 27.9 Å². The number of carbonyl (C=O) groups is 1. The molecule has 1 amide bonds. The summed E-state index contributed by atoms with van der Waals surface area (Å²) >= 11 is 0. The van der Waals surface area contributed by atoms with E-state index in [0.29, 0.717) is 11.5 Å². The third-order valence-electron chi connectivity index (χ3n) is 5.46. The van der Waals surface area contributed by atoms with E-state index in [9.17, 15) is 4.79 Å². The number of rotatable bonds is 5. The number of nitrogens with one attached hydrogen (secondary N) is 1. The zero-order valence-corrected chi connectivity index (χ0v) is 16.5. The number of nitrogens with zero attached hydrogens (tertiary/aromatic N) is 4. The topological polar surface area (TPSA) is 63.1 Å². The third kappa shape index (κ3) is 4.07. The molecule has 4 rings (SSSR count). The maximum Gasteiger partial charge on any atom is 0.265 e. The van der Waals surface area contributed by atoms with Crippen molar-refractivity contribution in [2.75, 3.05) is 13.1 Å². The minimum atomic E-state index is -0.0810. The molecule has 6 nitrogen and oxygen atoms in total. The summed E-state index contributed by atoms with van der Waals surface area (Å²) in [4.78, 5) is 12.7. The average molecular weight is 377 g/mol. The highest BCUT2D eigenvalue weighted by Crippen LogP contribution is 2.21. The van der Waals surface area contributed by atoms with Gasteiger partial charge in [-0.15, -0.1) is 5.10 Å². The standard InChI is InChI=1S/C22H27N5O/c1-16(2)27-21-9-8-19(15-20(21)23-25-27)22(28)24-26-12-10-18(11-13-26)14-17-6-4-3-5-7-17/h3-9,15-16,18H,10-14H2,1-2H3,(H,24,28). The van der Waals surface area contributed by atoms with E-state index in [1.165, 1.54) is 5.56 Å². The van der Waals surface area contributed by atoms with Gasteiger partial charge < -0.3 is 0 Å². The maximum atomic E-state index is 12.7. The van der Waals surface area contributed by atoms with Crippen molar-refractivity contribution in [1.29, 1.82) is 0 Å². The summed E-state index contributed by atoms with van der Waals surface area (Å²) in [5, 5.41) is 10.4. The highest BCUT2D eigenvalue weighted by molar-refractivity contribution is 5.97. The summed E-state index contributed by atoms with van der Waals surface area (Å²) < 4.78 is 1.87. The van der Waals surface area contributed by atoms with Crippen LogP contribution in [0.5, 0.6) is 0 Å². The van der Waals surface area contributed by atoms with Gasteiger partial charge >= 0.3 is 0 Å². The van der Waals surface area contributed by atoms with Gasteiger partial charge in [-0.2, -0.15) is 0 Å². The molecule has 1 aromatic heterocycles. The molecule has 0 atom stereocenters. The van der Waals surface area contributed by atoms with E-state index in [4.69, 9.17) is 0 Å². The Kier molecular flexibility index (Phi) is 5.39. The van der Waals surface area contributed by atoms with Gasteiger partial charge in [0.1, 0.15) is 5.52 Å². The van der Waals surface area contributed by atoms with Crippen LogP contribution in [0.1, 0.15) is 48.7 Å². The van der Waals surface area contributed by atoms with Crippen LogP contribution >= 0.6 is 0 Å². The Hall–Kier alpha value is -2.73. The summed E-state index contributed by atoms with van der Waals surface area (Å²) in [7, 11) is 0. The Balaban J connectivity index is 1.34. The monoisotopic (exact) mass is 377 g/mol. The predicted molar refractivity (Wildman–Crippen MR) is 110 cm³/mol. The normalized spacial score (nSPS) is 16.0. The fourth-order valence-corrected chi connectivity index (χ4v) is 3.87. The van der Waals surface area contributed by atoms with E-state index in [2.05, 4.69) is 59.9 Å². The smallest absolute Gasteiger partial charge is 0.265 e. The van der Waals surface area contributed by atoms with Crippen molar-refractivity contribution >= 4 is 16.9 Å². The van der Waals surface area contributed by atoms with Crippen LogP contribution in [0.25, 0.3) is 11.0 Å². The minimum absolute atomic E-state index is 0.0810. The first kappa shape index (κ1) is 18.6. The van der Waals surface area contributed by atoms with Gasteiger partial charge in [-0.05, 0) is 62.8 Å². The van der Waals surface area contributed by atoms with Crippen LogP contribution in [0.4, 0.5) is 0 Å². The van der Waals surface area contributed by atoms with Crippen molar-refractivity contribution in [3.63, 3.8) is 0 Å². The van der Waals surface area contributed by atoms with Crippen molar-refractivity contribution in [1.82, 2.24) is 25.4 Å². The Morgan fingerprint density at radius 3 is 2.61 bits per heavy atom. The van der Waals surface area contributed by atoms with Gasteiger partial charge in [0.15, 0.2) is 0 Å². The van der Waals surface area contributed by atoms with E-state index >= 15 is 0 Å². The highest BCUT2D eigenvalue weighted by atomic mass is 16.2. The second kappa shape index (κ2) is 8.10. The van der Waals surface area contributed by atoms with Gasteiger partial charge in [0, 0.05) is 24.7 Å². The molecule has 2 heterocycles. The van der Waals surface area contributed by atoms with Crippen LogP contribution in [0, 0.1) is 5.92 Å². The molecule has 0 bridgehead atoms. The van der Waals surface area contributed by atoms with E-state index < -0.39 is 0 Å². The van der Waals surface area contributed by atoms with Crippen LogP contribution in [0.2, 0.25) is 0 Å². The molecular formula is C22H27N5O. The van der Waals surface area contributed by atoms with Crippen LogP contribution < -0.4 is 5.43 Å². The molecule has 0 spiro atoms. The number of carbonyl (C=O) groups excluding carboxylic acids is 1. The van der Waals surface area contributed by atoms with Crippen LogP contribution in [-0.4, -0.2) is 39.0 Å². The molecule has 1 aliphatic rings. The van der Waals surface area contributed by atoms with Crippen molar-refractivity contribution in [2.45, 2.75) is 39.2 Å². The molecule has 146 valence electrons. The summed E-state index contributed by atoms with van der Waals surface area (Å²) in [6, 6.07) is 16.5. The number of hydrogen-bond acceptors (Lipinski definition) is 4. The number of fused-ring (bicyclic) bond motifs is 1. The molecule has 1 aliphatic heterocycles. The van der Waals surface area contributed by atoms with Crippen LogP contribution in [-0.2, 0) is 6.42 Å². The molecule has 2 aromatic carbocycles. The fraction of sp³-hybridized carbons (Fsp3) is 0.409. The Morgan fingerprint density at radius 2 is 1.89 bits per heavy atom. The molecule has 1 saturated heterocycles. The Morgan fingerprint density at radius 1 is 1.14 bits per heavy atom. The molecule has 0 aliphatic carbocycles. The molecule has 0 radical (unpaired) electrons. The fourth-order valence-electron chi connectivity index (χ4n) is 3.87. The number of aromatic nitrogens is 3. The molecule has 0 unspecified atom stereocenters. The largest absolute Gasteiger partial charge is 0.285 e. The van der Waals surface area contributed by atoms with Crippen molar-refractivity contribution < 1.29 is 4.79 Å².